The molecule has 1 heterocycles. The van der Waals surface area contributed by atoms with Crippen LogP contribution in [0, 0.1) is 5.92 Å². The van der Waals surface area contributed by atoms with Crippen LogP contribution in [0.1, 0.15) is 12.8 Å². The molecule has 0 bridgehead atoms. The molecular formula is C14H20ClF3N2O. The molecule has 0 unspecified atom stereocenters. The second-order valence-corrected chi connectivity index (χ2v) is 5.12. The van der Waals surface area contributed by atoms with Gasteiger partial charge in [0.15, 0.2) is 0 Å². The lowest BCUT2D eigenvalue weighted by Gasteiger charge is -2.29. The first-order valence-electron chi connectivity index (χ1n) is 6.72. The number of benzene rings is 1. The van der Waals surface area contributed by atoms with Gasteiger partial charge < -0.3 is 15.0 Å². The van der Waals surface area contributed by atoms with Crippen LogP contribution in [0.15, 0.2) is 24.3 Å². The van der Waals surface area contributed by atoms with Gasteiger partial charge in [0.25, 0.3) is 0 Å². The summed E-state index contributed by atoms with van der Waals surface area (Å²) in [5.74, 6) is 0.403. The molecule has 1 fully saturated rings. The fourth-order valence-corrected chi connectivity index (χ4v) is 2.48. The highest BCUT2D eigenvalue weighted by molar-refractivity contribution is 5.85. The molecule has 0 aromatic heterocycles. The van der Waals surface area contributed by atoms with E-state index in [1.807, 2.05) is 11.9 Å². The maximum atomic E-state index is 12.2. The molecule has 1 aromatic carbocycles. The number of anilines is 1. The molecule has 0 atom stereocenters. The van der Waals surface area contributed by atoms with E-state index in [2.05, 4.69) is 10.1 Å². The van der Waals surface area contributed by atoms with E-state index in [-0.39, 0.29) is 18.2 Å². The quantitative estimate of drug-likeness (QED) is 0.918. The maximum absolute atomic E-state index is 12.2. The van der Waals surface area contributed by atoms with Crippen molar-refractivity contribution in [2.75, 3.05) is 31.6 Å². The highest BCUT2D eigenvalue weighted by Gasteiger charge is 2.31. The van der Waals surface area contributed by atoms with E-state index >= 15 is 0 Å². The number of hydrogen-bond acceptors (Lipinski definition) is 3. The van der Waals surface area contributed by atoms with E-state index in [1.165, 1.54) is 12.1 Å². The Hall–Kier alpha value is -1.14. The number of nitrogens with one attached hydrogen (secondary N) is 1. The zero-order valence-electron chi connectivity index (χ0n) is 11.8. The van der Waals surface area contributed by atoms with Crippen LogP contribution >= 0.6 is 12.4 Å². The Balaban J connectivity index is 0.00000220. The Morgan fingerprint density at radius 3 is 2.57 bits per heavy atom. The fourth-order valence-electron chi connectivity index (χ4n) is 2.48. The fraction of sp³-hybridized carbons (Fsp3) is 0.571. The summed E-state index contributed by atoms with van der Waals surface area (Å²) < 4.78 is 40.6. The Morgan fingerprint density at radius 2 is 1.95 bits per heavy atom. The van der Waals surface area contributed by atoms with Crippen molar-refractivity contribution in [1.29, 1.82) is 0 Å². The molecule has 0 radical (unpaired) electrons. The van der Waals surface area contributed by atoms with Crippen LogP contribution in [-0.4, -0.2) is 33.0 Å². The highest BCUT2D eigenvalue weighted by atomic mass is 35.5. The van der Waals surface area contributed by atoms with Crippen molar-refractivity contribution >= 4 is 18.1 Å². The van der Waals surface area contributed by atoms with Crippen LogP contribution in [-0.2, 0) is 0 Å². The third-order valence-electron chi connectivity index (χ3n) is 3.48. The Bertz CT molecular complexity index is 436. The molecule has 7 heteroatoms. The lowest BCUT2D eigenvalue weighted by molar-refractivity contribution is -0.274. The van der Waals surface area contributed by atoms with Gasteiger partial charge in [0.2, 0.25) is 0 Å². The summed E-state index contributed by atoms with van der Waals surface area (Å²) in [5, 5.41) is 3.30. The van der Waals surface area contributed by atoms with Gasteiger partial charge in [0.05, 0.1) is 0 Å². The highest BCUT2D eigenvalue weighted by Crippen LogP contribution is 2.27. The minimum absolute atomic E-state index is 0. The largest absolute Gasteiger partial charge is 0.573 e. The number of hydrogen-bond donors (Lipinski definition) is 1. The van der Waals surface area contributed by atoms with Gasteiger partial charge in [-0.05, 0) is 44.0 Å². The molecule has 0 amide bonds. The van der Waals surface area contributed by atoms with E-state index < -0.39 is 6.36 Å². The molecule has 0 spiro atoms. The summed E-state index contributed by atoms with van der Waals surface area (Å²) in [6, 6.07) is 6.11. The van der Waals surface area contributed by atoms with Gasteiger partial charge in [0.1, 0.15) is 5.75 Å². The monoisotopic (exact) mass is 324 g/mol. The molecule has 1 aliphatic rings. The van der Waals surface area contributed by atoms with Crippen LogP contribution < -0.4 is 15.0 Å². The first kappa shape index (κ1) is 17.9. The summed E-state index contributed by atoms with van der Waals surface area (Å²) in [4.78, 5) is 1.99. The standard InChI is InChI=1S/C14H19F3N2O.ClH/c1-19(10-11-5-7-18-8-6-11)12-3-2-4-13(9-12)20-14(15,16)17;/h2-4,9,11,18H,5-8,10H2,1H3;1H. The van der Waals surface area contributed by atoms with Crippen LogP contribution in [0.25, 0.3) is 0 Å². The molecule has 1 aliphatic heterocycles. The van der Waals surface area contributed by atoms with E-state index in [9.17, 15) is 13.2 Å². The van der Waals surface area contributed by atoms with Crippen molar-refractivity contribution in [3.05, 3.63) is 24.3 Å². The topological polar surface area (TPSA) is 24.5 Å². The lowest BCUT2D eigenvalue weighted by atomic mass is 9.97. The molecule has 1 aromatic rings. The Labute approximate surface area is 128 Å². The van der Waals surface area contributed by atoms with E-state index in [0.29, 0.717) is 5.92 Å². The van der Waals surface area contributed by atoms with Gasteiger partial charge in [0, 0.05) is 25.3 Å². The van der Waals surface area contributed by atoms with Crippen LogP contribution in [0.5, 0.6) is 5.75 Å². The van der Waals surface area contributed by atoms with Crippen LogP contribution in [0.4, 0.5) is 18.9 Å². The average Bonchev–Trinajstić information content (AvgIpc) is 2.38. The molecule has 0 saturated carbocycles. The smallest absolute Gasteiger partial charge is 0.406 e. The molecular weight excluding hydrogens is 305 g/mol. The summed E-state index contributed by atoms with van der Waals surface area (Å²) in [6.45, 7) is 2.86. The number of alkyl halides is 3. The third kappa shape index (κ3) is 6.01. The van der Waals surface area contributed by atoms with Crippen molar-refractivity contribution in [2.24, 2.45) is 5.92 Å². The SMILES string of the molecule is CN(CC1CCNCC1)c1cccc(OC(F)(F)F)c1.Cl. The first-order valence-corrected chi connectivity index (χ1v) is 6.72. The molecule has 3 nitrogen and oxygen atoms in total. The number of piperidine rings is 1. The Morgan fingerprint density at radius 1 is 1.29 bits per heavy atom. The molecule has 120 valence electrons. The zero-order valence-corrected chi connectivity index (χ0v) is 12.6. The molecule has 1 saturated heterocycles. The number of nitrogens with zero attached hydrogens (tertiary/aromatic N) is 1. The van der Waals surface area contributed by atoms with Gasteiger partial charge in [-0.1, -0.05) is 6.07 Å². The van der Waals surface area contributed by atoms with Crippen molar-refractivity contribution in [3.63, 3.8) is 0 Å². The van der Waals surface area contributed by atoms with Crippen molar-refractivity contribution in [3.8, 4) is 5.75 Å². The van der Waals surface area contributed by atoms with Gasteiger partial charge in [-0.15, -0.1) is 25.6 Å². The average molecular weight is 325 g/mol. The van der Waals surface area contributed by atoms with Gasteiger partial charge >= 0.3 is 6.36 Å². The summed E-state index contributed by atoms with van der Waals surface area (Å²) in [7, 11) is 1.90. The number of ether oxygens (including phenoxy) is 1. The zero-order chi connectivity index (χ0) is 14.6. The predicted molar refractivity (Wildman–Crippen MR) is 79.2 cm³/mol. The summed E-state index contributed by atoms with van der Waals surface area (Å²) in [5.41, 5.74) is 0.741. The van der Waals surface area contributed by atoms with E-state index in [0.717, 1.165) is 38.2 Å². The molecule has 1 N–H and O–H groups in total. The van der Waals surface area contributed by atoms with Crippen LogP contribution in [0.2, 0.25) is 0 Å². The molecule has 2 rings (SSSR count). The lowest BCUT2D eigenvalue weighted by Crippen LogP contribution is -2.34. The maximum Gasteiger partial charge on any atom is 0.573 e. The third-order valence-corrected chi connectivity index (χ3v) is 3.48. The molecule has 0 aliphatic carbocycles. The van der Waals surface area contributed by atoms with Gasteiger partial charge in [-0.3, -0.25) is 0 Å². The summed E-state index contributed by atoms with van der Waals surface area (Å²) >= 11 is 0. The van der Waals surface area contributed by atoms with Gasteiger partial charge in [-0.2, -0.15) is 0 Å². The number of rotatable bonds is 4. The Kier molecular flexibility index (Phi) is 6.61. The predicted octanol–water partition coefficient (Wildman–Crippen LogP) is 3.44. The van der Waals surface area contributed by atoms with E-state index in [1.54, 1.807) is 12.1 Å². The van der Waals surface area contributed by atoms with Gasteiger partial charge in [-0.25, -0.2) is 0 Å². The molecule has 21 heavy (non-hydrogen) atoms. The van der Waals surface area contributed by atoms with Crippen molar-refractivity contribution in [1.82, 2.24) is 5.32 Å². The van der Waals surface area contributed by atoms with Crippen molar-refractivity contribution < 1.29 is 17.9 Å². The summed E-state index contributed by atoms with van der Waals surface area (Å²) in [6.07, 6.45) is -2.45. The van der Waals surface area contributed by atoms with Crippen LogP contribution in [0.3, 0.4) is 0 Å². The second kappa shape index (κ2) is 7.75. The van der Waals surface area contributed by atoms with Crippen molar-refractivity contribution in [2.45, 2.75) is 19.2 Å². The normalized spacial score (nSPS) is 16.2. The van der Waals surface area contributed by atoms with E-state index in [4.69, 9.17) is 0 Å². The first-order chi connectivity index (χ1) is 9.44. The number of halogens is 4. The minimum atomic E-state index is -4.65. The minimum Gasteiger partial charge on any atom is -0.406 e. The second-order valence-electron chi connectivity index (χ2n) is 5.12.